The first-order chi connectivity index (χ1) is 14.0. The monoisotopic (exact) mass is 524 g/mol. The van der Waals surface area contributed by atoms with Crippen molar-refractivity contribution in [3.8, 4) is 0 Å². The Hall–Kier alpha value is -2.54. The summed E-state index contributed by atoms with van der Waals surface area (Å²) in [6.07, 6.45) is 3.81. The van der Waals surface area contributed by atoms with E-state index in [0.29, 0.717) is 29.6 Å². The van der Waals surface area contributed by atoms with Crippen molar-refractivity contribution in [3.05, 3.63) is 52.2 Å². The molecule has 29 heavy (non-hydrogen) atoms. The summed E-state index contributed by atoms with van der Waals surface area (Å²) < 4.78 is 10.1. The molecule has 1 aliphatic heterocycles. The Bertz CT molecular complexity index is 1200. The lowest BCUT2D eigenvalue weighted by atomic mass is 10.1. The number of fused-ring (bicyclic) bond motifs is 1. The van der Waals surface area contributed by atoms with Gasteiger partial charge in [-0.15, -0.1) is 0 Å². The number of benzene rings is 1. The van der Waals surface area contributed by atoms with Crippen molar-refractivity contribution in [2.24, 2.45) is 10.2 Å². The fourth-order valence-corrected chi connectivity index (χ4v) is 5.49. The molecule has 11 heteroatoms. The van der Waals surface area contributed by atoms with Gasteiger partial charge in [-0.1, -0.05) is 24.4 Å². The molecule has 0 saturated heterocycles. The highest BCUT2D eigenvalue weighted by Gasteiger charge is 2.19. The zero-order chi connectivity index (χ0) is 20.5. The number of halogens is 1. The summed E-state index contributed by atoms with van der Waals surface area (Å²) in [5.41, 5.74) is 3.37. The van der Waals surface area contributed by atoms with Crippen molar-refractivity contribution in [2.45, 2.75) is 13.5 Å². The van der Waals surface area contributed by atoms with Gasteiger partial charge in [-0.25, -0.2) is 7.83 Å². The van der Waals surface area contributed by atoms with Gasteiger partial charge in [0.25, 0.3) is 5.56 Å². The summed E-state index contributed by atoms with van der Waals surface area (Å²) in [6.45, 7) is 2.99. The van der Waals surface area contributed by atoms with E-state index >= 15 is 0 Å². The predicted molar refractivity (Wildman–Crippen MR) is 128 cm³/mol. The molecule has 9 nitrogen and oxygen atoms in total. The molecule has 152 valence electrons. The highest BCUT2D eigenvalue weighted by Crippen LogP contribution is 2.25. The van der Waals surface area contributed by atoms with Crippen LogP contribution in [-0.2, 0) is 13.6 Å². The molecule has 3 heterocycles. The maximum absolute atomic E-state index is 13.0. The summed E-state index contributed by atoms with van der Waals surface area (Å²) in [5, 5.41) is 14.3. The predicted octanol–water partition coefficient (Wildman–Crippen LogP) is 3.14. The summed E-state index contributed by atoms with van der Waals surface area (Å²) in [6, 6.07) is 5.92. The van der Waals surface area contributed by atoms with E-state index in [2.05, 4.69) is 27.1 Å². The minimum absolute atomic E-state index is 0.111. The quantitative estimate of drug-likeness (QED) is 0.261. The van der Waals surface area contributed by atoms with Gasteiger partial charge in [0.05, 0.1) is 30.5 Å². The number of allylic oxidation sites excluding steroid dienone is 1. The summed E-state index contributed by atoms with van der Waals surface area (Å²) >= 11 is 5.14. The summed E-state index contributed by atoms with van der Waals surface area (Å²) in [4.78, 5) is 13.7. The molecule has 3 aromatic rings. The molecule has 0 radical (unpaired) electrons. The minimum atomic E-state index is -0.401. The van der Waals surface area contributed by atoms with Gasteiger partial charge in [0.2, 0.25) is 0 Å². The molecule has 2 aromatic heterocycles. The van der Waals surface area contributed by atoms with Crippen LogP contribution in [0.15, 0.2) is 44.2 Å². The van der Waals surface area contributed by atoms with Gasteiger partial charge < -0.3 is 13.7 Å². The fraction of sp³-hybridized carbons (Fsp3) is 0.278. The third-order valence-corrected chi connectivity index (χ3v) is 7.05. The van der Waals surface area contributed by atoms with E-state index in [4.69, 9.17) is 12.2 Å². The average molecular weight is 524 g/mol. The first-order valence-corrected chi connectivity index (χ1v) is 11.3. The summed E-state index contributed by atoms with van der Waals surface area (Å²) in [7, 11) is 3.59. The Kier molecular flexibility index (Phi) is 5.50. The highest BCUT2D eigenvalue weighted by molar-refractivity contribution is 14.1. The third-order valence-electron chi connectivity index (χ3n) is 4.66. The van der Waals surface area contributed by atoms with Crippen LogP contribution in [0.4, 0.5) is 11.5 Å². The summed E-state index contributed by atoms with van der Waals surface area (Å²) in [5.74, 6) is 0.650. The zero-order valence-corrected chi connectivity index (χ0v) is 19.2. The van der Waals surface area contributed by atoms with E-state index in [0.717, 1.165) is 22.2 Å². The van der Waals surface area contributed by atoms with E-state index in [1.54, 1.807) is 17.9 Å². The van der Waals surface area contributed by atoms with Gasteiger partial charge >= 0.3 is 0 Å². The van der Waals surface area contributed by atoms with Crippen molar-refractivity contribution in [2.75, 3.05) is 24.2 Å². The van der Waals surface area contributed by atoms with Crippen LogP contribution in [-0.4, -0.2) is 41.3 Å². The molecular formula is C18H21IN8OS. The Morgan fingerprint density at radius 3 is 2.93 bits per heavy atom. The van der Waals surface area contributed by atoms with Crippen LogP contribution < -0.4 is 16.2 Å². The standard InChI is InChI=1S/C18H21IN8OS/c1-11-8-26(19-23-11)10-15(29)22-17-16(20-2)18(28)27(25(17)3)9-12-5-4-6-14-13(12)7-21-24-14/h4-8,20H,9-10H2,1-3H3,(H,21,24)(H,22,29). The Labute approximate surface area is 183 Å². The van der Waals surface area contributed by atoms with Crippen LogP contribution in [0.25, 0.3) is 10.9 Å². The molecule has 3 N–H and O–H groups in total. The van der Waals surface area contributed by atoms with E-state index in [9.17, 15) is 4.79 Å². The molecule has 0 unspecified atom stereocenters. The van der Waals surface area contributed by atoms with E-state index in [1.165, 1.54) is 0 Å². The Balaban J connectivity index is 1.62. The lowest BCUT2D eigenvalue weighted by Gasteiger charge is -2.15. The number of aromatic amines is 1. The van der Waals surface area contributed by atoms with Gasteiger partial charge in [0.15, 0.2) is 5.82 Å². The molecule has 0 aliphatic carbocycles. The molecule has 0 atom stereocenters. The number of nitrogens with one attached hydrogen (secondary N) is 3. The number of H-pyrrole nitrogens is 1. The number of thiocarbonyl (C=S) groups is 1. The lowest BCUT2D eigenvalue weighted by Crippen LogP contribution is -2.24. The molecule has 0 spiro atoms. The SMILES string of the molecule is CNc1c(NC(=S)CN2C=C(C)N=I2)n(C)n(Cc2cccc3[nH]ncc23)c1=O. The van der Waals surface area contributed by atoms with Crippen LogP contribution in [0.2, 0.25) is 0 Å². The van der Waals surface area contributed by atoms with Crippen LogP contribution in [0, 0.1) is 0 Å². The smallest absolute Gasteiger partial charge is 0.292 e. The number of rotatable bonds is 6. The van der Waals surface area contributed by atoms with Crippen molar-refractivity contribution in [3.63, 3.8) is 0 Å². The second kappa shape index (κ2) is 8.06. The maximum Gasteiger partial charge on any atom is 0.292 e. The second-order valence-corrected chi connectivity index (χ2v) is 9.29. The molecule has 0 saturated carbocycles. The second-order valence-electron chi connectivity index (χ2n) is 6.64. The number of hydrogen-bond donors (Lipinski definition) is 3. The van der Waals surface area contributed by atoms with Crippen molar-refractivity contribution in [1.29, 1.82) is 0 Å². The van der Waals surface area contributed by atoms with Gasteiger partial charge in [-0.2, -0.15) is 5.10 Å². The van der Waals surface area contributed by atoms with Gasteiger partial charge in [-0.05, 0) is 18.6 Å². The largest absolute Gasteiger partial charge is 0.381 e. The van der Waals surface area contributed by atoms with Gasteiger partial charge in [0.1, 0.15) is 32.0 Å². The Morgan fingerprint density at radius 1 is 1.38 bits per heavy atom. The number of anilines is 2. The first kappa shape index (κ1) is 19.8. The molecule has 0 bridgehead atoms. The van der Waals surface area contributed by atoms with Crippen molar-refractivity contribution >= 4 is 60.9 Å². The molecule has 4 rings (SSSR count). The third kappa shape index (κ3) is 3.83. The van der Waals surface area contributed by atoms with E-state index < -0.39 is 21.3 Å². The first-order valence-electron chi connectivity index (χ1n) is 8.97. The zero-order valence-electron chi connectivity index (χ0n) is 16.2. The Morgan fingerprint density at radius 2 is 2.21 bits per heavy atom. The minimum Gasteiger partial charge on any atom is -0.381 e. The maximum atomic E-state index is 13.0. The molecular weight excluding hydrogens is 503 g/mol. The normalized spacial score (nSPS) is 13.5. The van der Waals surface area contributed by atoms with E-state index in [-0.39, 0.29) is 5.56 Å². The van der Waals surface area contributed by atoms with Crippen LogP contribution in [0.3, 0.4) is 0 Å². The molecule has 1 aromatic carbocycles. The van der Waals surface area contributed by atoms with Gasteiger partial charge in [0, 0.05) is 25.7 Å². The molecule has 0 amide bonds. The van der Waals surface area contributed by atoms with Crippen LogP contribution >= 0.6 is 33.5 Å². The van der Waals surface area contributed by atoms with E-state index in [1.807, 2.05) is 43.1 Å². The average Bonchev–Trinajstić information content (AvgIpc) is 3.38. The topological polar surface area (TPSA) is 95.3 Å². The lowest BCUT2D eigenvalue weighted by molar-refractivity contribution is 0.542. The highest BCUT2D eigenvalue weighted by atomic mass is 127. The molecule has 0 fully saturated rings. The molecule has 1 aliphatic rings. The fourth-order valence-electron chi connectivity index (χ4n) is 3.26. The van der Waals surface area contributed by atoms with Crippen LogP contribution in [0.5, 0.6) is 0 Å². The van der Waals surface area contributed by atoms with Crippen molar-refractivity contribution < 1.29 is 0 Å². The number of hydrogen-bond acceptors (Lipinski definition) is 6. The number of aromatic nitrogens is 4. The van der Waals surface area contributed by atoms with Gasteiger partial charge in [-0.3, -0.25) is 14.6 Å². The van der Waals surface area contributed by atoms with Crippen molar-refractivity contribution in [1.82, 2.24) is 22.7 Å². The van der Waals surface area contributed by atoms with Crippen LogP contribution in [0.1, 0.15) is 12.5 Å². The number of nitrogens with zero attached hydrogens (tertiary/aromatic N) is 5.